The fourth-order valence-corrected chi connectivity index (χ4v) is 1.94. The Morgan fingerprint density at radius 2 is 2.18 bits per heavy atom. The zero-order chi connectivity index (χ0) is 12.4. The minimum absolute atomic E-state index is 0.250. The molecule has 4 heteroatoms. The SMILES string of the molecule is CCn1c(CNC(C)C)nc2c(F)cccc21. The van der Waals surface area contributed by atoms with E-state index in [-0.39, 0.29) is 5.82 Å². The van der Waals surface area contributed by atoms with Gasteiger partial charge in [-0.2, -0.15) is 0 Å². The molecule has 1 N–H and O–H groups in total. The van der Waals surface area contributed by atoms with E-state index in [1.165, 1.54) is 6.07 Å². The topological polar surface area (TPSA) is 29.9 Å². The van der Waals surface area contributed by atoms with Gasteiger partial charge in [-0.25, -0.2) is 9.37 Å². The van der Waals surface area contributed by atoms with Gasteiger partial charge in [0.1, 0.15) is 11.3 Å². The van der Waals surface area contributed by atoms with Crippen LogP contribution in [-0.2, 0) is 13.1 Å². The Bertz CT molecular complexity index is 517. The van der Waals surface area contributed by atoms with Gasteiger partial charge in [0, 0.05) is 12.6 Å². The second kappa shape index (κ2) is 4.84. The van der Waals surface area contributed by atoms with Crippen LogP contribution in [0.1, 0.15) is 26.6 Å². The number of rotatable bonds is 4. The third-order valence-electron chi connectivity index (χ3n) is 2.79. The van der Waals surface area contributed by atoms with Crippen LogP contribution in [0.15, 0.2) is 18.2 Å². The molecule has 0 radical (unpaired) electrons. The number of hydrogen-bond acceptors (Lipinski definition) is 2. The highest BCUT2D eigenvalue weighted by Gasteiger charge is 2.12. The second-order valence-electron chi connectivity index (χ2n) is 4.42. The molecule has 0 amide bonds. The zero-order valence-electron chi connectivity index (χ0n) is 10.5. The lowest BCUT2D eigenvalue weighted by atomic mass is 10.3. The predicted octanol–water partition coefficient (Wildman–Crippen LogP) is 2.69. The van der Waals surface area contributed by atoms with E-state index in [9.17, 15) is 4.39 Å². The van der Waals surface area contributed by atoms with E-state index in [4.69, 9.17) is 0 Å². The number of aryl methyl sites for hydroxylation is 1. The standard InChI is InChI=1S/C13H18FN3/c1-4-17-11-7-5-6-10(14)13(11)16-12(17)8-15-9(2)3/h5-7,9,15H,4,8H2,1-3H3. The van der Waals surface area contributed by atoms with Crippen molar-refractivity contribution in [2.24, 2.45) is 0 Å². The van der Waals surface area contributed by atoms with E-state index >= 15 is 0 Å². The lowest BCUT2D eigenvalue weighted by Crippen LogP contribution is -2.23. The summed E-state index contributed by atoms with van der Waals surface area (Å²) in [5.74, 6) is 0.641. The Balaban J connectivity index is 2.44. The molecule has 3 nitrogen and oxygen atoms in total. The molecule has 0 unspecified atom stereocenters. The number of aromatic nitrogens is 2. The average Bonchev–Trinajstić information content (AvgIpc) is 2.65. The van der Waals surface area contributed by atoms with Crippen LogP contribution in [0.3, 0.4) is 0 Å². The van der Waals surface area contributed by atoms with Crippen molar-refractivity contribution >= 4 is 11.0 Å². The van der Waals surface area contributed by atoms with E-state index in [1.54, 1.807) is 6.07 Å². The Morgan fingerprint density at radius 3 is 2.82 bits per heavy atom. The van der Waals surface area contributed by atoms with Gasteiger partial charge in [-0.15, -0.1) is 0 Å². The molecule has 1 aromatic carbocycles. The largest absolute Gasteiger partial charge is 0.327 e. The summed E-state index contributed by atoms with van der Waals surface area (Å²) in [4.78, 5) is 4.38. The van der Waals surface area contributed by atoms with Crippen molar-refractivity contribution < 1.29 is 4.39 Å². The first-order chi connectivity index (χ1) is 8.13. The van der Waals surface area contributed by atoms with Crippen LogP contribution >= 0.6 is 0 Å². The van der Waals surface area contributed by atoms with Crippen molar-refractivity contribution in [3.8, 4) is 0 Å². The van der Waals surface area contributed by atoms with Crippen molar-refractivity contribution in [1.29, 1.82) is 0 Å². The van der Waals surface area contributed by atoms with Crippen LogP contribution in [0.2, 0.25) is 0 Å². The number of hydrogen-bond donors (Lipinski definition) is 1. The predicted molar refractivity (Wildman–Crippen MR) is 67.3 cm³/mol. The molecule has 0 atom stereocenters. The zero-order valence-corrected chi connectivity index (χ0v) is 10.5. The maximum Gasteiger partial charge on any atom is 0.151 e. The lowest BCUT2D eigenvalue weighted by Gasteiger charge is -2.09. The number of imidazole rings is 1. The lowest BCUT2D eigenvalue weighted by molar-refractivity contribution is 0.554. The smallest absolute Gasteiger partial charge is 0.151 e. The molecular weight excluding hydrogens is 217 g/mol. The Kier molecular flexibility index (Phi) is 3.43. The Hall–Kier alpha value is -1.42. The molecule has 92 valence electrons. The average molecular weight is 235 g/mol. The summed E-state index contributed by atoms with van der Waals surface area (Å²) >= 11 is 0. The molecule has 1 aromatic heterocycles. The molecular formula is C13H18FN3. The van der Waals surface area contributed by atoms with Crippen LogP contribution in [-0.4, -0.2) is 15.6 Å². The molecule has 0 aliphatic carbocycles. The van der Waals surface area contributed by atoms with Gasteiger partial charge in [0.2, 0.25) is 0 Å². The molecule has 2 aromatic rings. The minimum atomic E-state index is -0.250. The van der Waals surface area contributed by atoms with Gasteiger partial charge in [-0.1, -0.05) is 19.9 Å². The van der Waals surface area contributed by atoms with Crippen molar-refractivity contribution in [2.45, 2.75) is 39.9 Å². The van der Waals surface area contributed by atoms with Gasteiger partial charge in [-0.05, 0) is 19.1 Å². The third kappa shape index (κ3) is 2.31. The van der Waals surface area contributed by atoms with Crippen LogP contribution in [0.4, 0.5) is 4.39 Å². The van der Waals surface area contributed by atoms with E-state index in [1.807, 2.05) is 17.6 Å². The molecule has 0 bridgehead atoms. The number of benzene rings is 1. The number of para-hydroxylation sites is 1. The molecule has 0 saturated heterocycles. The first kappa shape index (κ1) is 12.0. The normalized spacial score (nSPS) is 11.6. The Labute approximate surface area is 101 Å². The van der Waals surface area contributed by atoms with E-state index in [0.29, 0.717) is 18.1 Å². The molecule has 17 heavy (non-hydrogen) atoms. The van der Waals surface area contributed by atoms with Crippen molar-refractivity contribution in [1.82, 2.24) is 14.9 Å². The summed E-state index contributed by atoms with van der Waals surface area (Å²) in [5.41, 5.74) is 1.34. The van der Waals surface area contributed by atoms with Gasteiger partial charge in [-0.3, -0.25) is 0 Å². The van der Waals surface area contributed by atoms with Crippen molar-refractivity contribution in [3.05, 3.63) is 29.8 Å². The monoisotopic (exact) mass is 235 g/mol. The first-order valence-electron chi connectivity index (χ1n) is 6.00. The minimum Gasteiger partial charge on any atom is -0.327 e. The summed E-state index contributed by atoms with van der Waals surface area (Å²) < 4.78 is 15.7. The highest BCUT2D eigenvalue weighted by molar-refractivity contribution is 5.76. The summed E-state index contributed by atoms with van der Waals surface area (Å²) in [6.07, 6.45) is 0. The third-order valence-corrected chi connectivity index (χ3v) is 2.79. The van der Waals surface area contributed by atoms with Gasteiger partial charge >= 0.3 is 0 Å². The van der Waals surface area contributed by atoms with Crippen LogP contribution in [0.25, 0.3) is 11.0 Å². The van der Waals surface area contributed by atoms with Gasteiger partial charge in [0.05, 0.1) is 12.1 Å². The van der Waals surface area contributed by atoms with Crippen LogP contribution in [0, 0.1) is 5.82 Å². The Morgan fingerprint density at radius 1 is 1.41 bits per heavy atom. The molecule has 1 heterocycles. The van der Waals surface area contributed by atoms with Crippen molar-refractivity contribution in [3.63, 3.8) is 0 Å². The second-order valence-corrected chi connectivity index (χ2v) is 4.42. The number of halogens is 1. The molecule has 0 spiro atoms. The van der Waals surface area contributed by atoms with Gasteiger partial charge < -0.3 is 9.88 Å². The fraction of sp³-hybridized carbons (Fsp3) is 0.462. The van der Waals surface area contributed by atoms with E-state index < -0.39 is 0 Å². The molecule has 0 saturated carbocycles. The molecule has 0 fully saturated rings. The first-order valence-corrected chi connectivity index (χ1v) is 6.00. The van der Waals surface area contributed by atoms with Gasteiger partial charge in [0.25, 0.3) is 0 Å². The van der Waals surface area contributed by atoms with Crippen LogP contribution in [0.5, 0.6) is 0 Å². The summed E-state index contributed by atoms with van der Waals surface area (Å²) in [6, 6.07) is 5.48. The van der Waals surface area contributed by atoms with Crippen LogP contribution < -0.4 is 5.32 Å². The maximum absolute atomic E-state index is 13.6. The number of nitrogens with one attached hydrogen (secondary N) is 1. The molecule has 0 aliphatic rings. The molecule has 0 aliphatic heterocycles. The number of nitrogens with zero attached hydrogens (tertiary/aromatic N) is 2. The maximum atomic E-state index is 13.6. The van der Waals surface area contributed by atoms with Crippen molar-refractivity contribution in [2.75, 3.05) is 0 Å². The summed E-state index contributed by atoms with van der Waals surface area (Å²) in [5, 5.41) is 3.31. The van der Waals surface area contributed by atoms with Gasteiger partial charge in [0.15, 0.2) is 5.82 Å². The highest BCUT2D eigenvalue weighted by Crippen LogP contribution is 2.19. The number of fused-ring (bicyclic) bond motifs is 1. The molecule has 2 rings (SSSR count). The summed E-state index contributed by atoms with van der Waals surface area (Å²) in [7, 11) is 0. The summed E-state index contributed by atoms with van der Waals surface area (Å²) in [6.45, 7) is 7.68. The fourth-order valence-electron chi connectivity index (χ4n) is 1.94. The van der Waals surface area contributed by atoms with E-state index in [0.717, 1.165) is 17.9 Å². The van der Waals surface area contributed by atoms with E-state index in [2.05, 4.69) is 24.1 Å². The quantitative estimate of drug-likeness (QED) is 0.883. The highest BCUT2D eigenvalue weighted by atomic mass is 19.1.